The topological polar surface area (TPSA) is 30.8 Å². The van der Waals surface area contributed by atoms with Crippen LogP contribution in [0, 0.1) is 5.92 Å². The van der Waals surface area contributed by atoms with E-state index in [0.29, 0.717) is 11.8 Å². The first-order valence-electron chi connectivity index (χ1n) is 9.90. The van der Waals surface area contributed by atoms with Gasteiger partial charge in [0.1, 0.15) is 5.75 Å². The standard InChI is InChI=1S/C24H31NO2/c1-24(2)17-21(14-16-27-24)23(20-7-5-4-6-8-20)13-15-25-18-19-9-11-22(26-3)12-10-19/h4-12,18,21,23H,13-17H2,1-3H3. The first kappa shape index (κ1) is 19.6. The molecule has 2 aromatic rings. The molecule has 3 rings (SSSR count). The first-order chi connectivity index (χ1) is 13.1. The second kappa shape index (κ2) is 9.18. The van der Waals surface area contributed by atoms with E-state index in [4.69, 9.17) is 14.5 Å². The zero-order valence-corrected chi connectivity index (χ0v) is 16.7. The van der Waals surface area contributed by atoms with E-state index in [1.165, 1.54) is 5.56 Å². The van der Waals surface area contributed by atoms with Crippen molar-refractivity contribution in [1.29, 1.82) is 0 Å². The molecule has 27 heavy (non-hydrogen) atoms. The van der Waals surface area contributed by atoms with Crippen LogP contribution >= 0.6 is 0 Å². The molecule has 2 aromatic carbocycles. The van der Waals surface area contributed by atoms with Gasteiger partial charge >= 0.3 is 0 Å². The van der Waals surface area contributed by atoms with E-state index in [9.17, 15) is 0 Å². The lowest BCUT2D eigenvalue weighted by atomic mass is 9.75. The molecule has 0 N–H and O–H groups in total. The summed E-state index contributed by atoms with van der Waals surface area (Å²) in [6.07, 6.45) is 5.27. The quantitative estimate of drug-likeness (QED) is 0.607. The third-order valence-electron chi connectivity index (χ3n) is 5.46. The number of ether oxygens (including phenoxy) is 2. The van der Waals surface area contributed by atoms with Crippen LogP contribution in [0.1, 0.15) is 50.2 Å². The molecule has 0 radical (unpaired) electrons. The molecular weight excluding hydrogens is 334 g/mol. The molecular formula is C24H31NO2. The molecule has 2 unspecified atom stereocenters. The summed E-state index contributed by atoms with van der Waals surface area (Å²) in [7, 11) is 1.68. The van der Waals surface area contributed by atoms with E-state index in [-0.39, 0.29) is 5.60 Å². The van der Waals surface area contributed by atoms with Crippen molar-refractivity contribution < 1.29 is 9.47 Å². The average Bonchev–Trinajstić information content (AvgIpc) is 2.68. The van der Waals surface area contributed by atoms with Gasteiger partial charge in [0.25, 0.3) is 0 Å². The van der Waals surface area contributed by atoms with Gasteiger partial charge in [-0.25, -0.2) is 0 Å². The Balaban J connectivity index is 1.65. The summed E-state index contributed by atoms with van der Waals surface area (Å²) in [6.45, 7) is 6.12. The van der Waals surface area contributed by atoms with Gasteiger partial charge in [-0.05, 0) is 80.3 Å². The van der Waals surface area contributed by atoms with Gasteiger partial charge < -0.3 is 9.47 Å². The van der Waals surface area contributed by atoms with Gasteiger partial charge in [-0.15, -0.1) is 0 Å². The Morgan fingerprint density at radius 2 is 1.89 bits per heavy atom. The molecule has 2 atom stereocenters. The van der Waals surface area contributed by atoms with Gasteiger partial charge in [-0.3, -0.25) is 4.99 Å². The third kappa shape index (κ3) is 5.67. The van der Waals surface area contributed by atoms with Crippen LogP contribution in [0.4, 0.5) is 0 Å². The summed E-state index contributed by atoms with van der Waals surface area (Å²) in [4.78, 5) is 4.70. The van der Waals surface area contributed by atoms with E-state index < -0.39 is 0 Å². The third-order valence-corrected chi connectivity index (χ3v) is 5.46. The molecule has 0 aliphatic carbocycles. The molecule has 3 nitrogen and oxygen atoms in total. The van der Waals surface area contributed by atoms with Crippen molar-refractivity contribution in [2.75, 3.05) is 20.3 Å². The van der Waals surface area contributed by atoms with Crippen molar-refractivity contribution in [2.45, 2.75) is 44.6 Å². The van der Waals surface area contributed by atoms with Crippen LogP contribution in [0.3, 0.4) is 0 Å². The van der Waals surface area contributed by atoms with Gasteiger partial charge in [0.15, 0.2) is 0 Å². The lowest BCUT2D eigenvalue weighted by Gasteiger charge is -2.39. The summed E-state index contributed by atoms with van der Waals surface area (Å²) in [6, 6.07) is 18.9. The number of methoxy groups -OCH3 is 1. The Hall–Kier alpha value is -2.13. The fourth-order valence-electron chi connectivity index (χ4n) is 4.07. The van der Waals surface area contributed by atoms with E-state index in [0.717, 1.165) is 43.7 Å². The van der Waals surface area contributed by atoms with E-state index >= 15 is 0 Å². The number of nitrogens with zero attached hydrogens (tertiary/aromatic N) is 1. The predicted octanol–water partition coefficient (Wildman–Crippen LogP) is 5.49. The Kier molecular flexibility index (Phi) is 6.68. The van der Waals surface area contributed by atoms with Crippen LogP contribution in [-0.4, -0.2) is 32.1 Å². The second-order valence-electron chi connectivity index (χ2n) is 7.98. The van der Waals surface area contributed by atoms with Crippen molar-refractivity contribution in [3.8, 4) is 5.75 Å². The number of hydrogen-bond donors (Lipinski definition) is 0. The lowest BCUT2D eigenvalue weighted by molar-refractivity contribution is -0.0771. The van der Waals surface area contributed by atoms with Gasteiger partial charge in [0.2, 0.25) is 0 Å². The maximum Gasteiger partial charge on any atom is 0.118 e. The van der Waals surface area contributed by atoms with Crippen LogP contribution in [0.15, 0.2) is 59.6 Å². The molecule has 1 saturated heterocycles. The number of aliphatic imine (C=N–C) groups is 1. The van der Waals surface area contributed by atoms with E-state index in [1.54, 1.807) is 7.11 Å². The molecule has 1 heterocycles. The number of benzene rings is 2. The van der Waals surface area contributed by atoms with Gasteiger partial charge in [0, 0.05) is 19.4 Å². The van der Waals surface area contributed by atoms with Crippen LogP contribution < -0.4 is 4.74 Å². The normalized spacial score (nSPS) is 20.5. The Morgan fingerprint density at radius 1 is 1.15 bits per heavy atom. The molecule has 1 aliphatic heterocycles. The van der Waals surface area contributed by atoms with Gasteiger partial charge in [0.05, 0.1) is 12.7 Å². The molecule has 3 heteroatoms. The Morgan fingerprint density at radius 3 is 2.56 bits per heavy atom. The predicted molar refractivity (Wildman–Crippen MR) is 112 cm³/mol. The smallest absolute Gasteiger partial charge is 0.118 e. The Labute approximate surface area is 163 Å². The first-order valence-corrected chi connectivity index (χ1v) is 9.90. The molecule has 0 amide bonds. The van der Waals surface area contributed by atoms with Crippen LogP contribution in [0.25, 0.3) is 0 Å². The van der Waals surface area contributed by atoms with Crippen molar-refractivity contribution in [3.63, 3.8) is 0 Å². The fraction of sp³-hybridized carbons (Fsp3) is 0.458. The minimum absolute atomic E-state index is 0.0255. The molecule has 1 fully saturated rings. The van der Waals surface area contributed by atoms with Crippen molar-refractivity contribution in [1.82, 2.24) is 0 Å². The molecule has 0 spiro atoms. The highest BCUT2D eigenvalue weighted by atomic mass is 16.5. The highest BCUT2D eigenvalue weighted by Crippen LogP contribution is 2.39. The minimum atomic E-state index is -0.0255. The second-order valence-corrected chi connectivity index (χ2v) is 7.98. The monoisotopic (exact) mass is 365 g/mol. The SMILES string of the molecule is COc1ccc(C=NCCC(c2ccccc2)C2CCOC(C)(C)C2)cc1. The highest BCUT2D eigenvalue weighted by molar-refractivity contribution is 5.79. The maximum absolute atomic E-state index is 5.94. The van der Waals surface area contributed by atoms with Crippen LogP contribution in [0.5, 0.6) is 5.75 Å². The lowest BCUT2D eigenvalue weighted by Crippen LogP contribution is -2.36. The minimum Gasteiger partial charge on any atom is -0.497 e. The van der Waals surface area contributed by atoms with Crippen molar-refractivity contribution >= 4 is 6.21 Å². The summed E-state index contributed by atoms with van der Waals surface area (Å²) in [5.74, 6) is 2.05. The summed E-state index contributed by atoms with van der Waals surface area (Å²) in [5.41, 5.74) is 2.52. The van der Waals surface area contributed by atoms with E-state index in [1.807, 2.05) is 30.5 Å². The van der Waals surface area contributed by atoms with E-state index in [2.05, 4.69) is 44.2 Å². The zero-order chi connectivity index (χ0) is 19.1. The zero-order valence-electron chi connectivity index (χ0n) is 16.7. The Bertz CT molecular complexity index is 722. The molecule has 0 saturated carbocycles. The van der Waals surface area contributed by atoms with Gasteiger partial charge in [-0.1, -0.05) is 30.3 Å². The summed E-state index contributed by atoms with van der Waals surface area (Å²) < 4.78 is 11.1. The molecule has 1 aliphatic rings. The summed E-state index contributed by atoms with van der Waals surface area (Å²) >= 11 is 0. The van der Waals surface area contributed by atoms with Crippen LogP contribution in [0.2, 0.25) is 0 Å². The average molecular weight is 366 g/mol. The van der Waals surface area contributed by atoms with Crippen molar-refractivity contribution in [2.24, 2.45) is 10.9 Å². The van der Waals surface area contributed by atoms with Crippen LogP contribution in [-0.2, 0) is 4.74 Å². The molecule has 144 valence electrons. The van der Waals surface area contributed by atoms with Crippen molar-refractivity contribution in [3.05, 3.63) is 65.7 Å². The molecule has 0 bridgehead atoms. The maximum atomic E-state index is 5.94. The largest absolute Gasteiger partial charge is 0.497 e. The fourth-order valence-corrected chi connectivity index (χ4v) is 4.07. The summed E-state index contributed by atoms with van der Waals surface area (Å²) in [5, 5.41) is 0. The van der Waals surface area contributed by atoms with Gasteiger partial charge in [-0.2, -0.15) is 0 Å². The molecule has 0 aromatic heterocycles. The highest BCUT2D eigenvalue weighted by Gasteiger charge is 2.33. The number of rotatable bonds is 7. The number of hydrogen-bond acceptors (Lipinski definition) is 3.